The number of nitrogens with two attached hydrogens (primary N) is 1. The summed E-state index contributed by atoms with van der Waals surface area (Å²) in [5, 5.41) is 3.80. The van der Waals surface area contributed by atoms with Crippen molar-refractivity contribution in [3.05, 3.63) is 28.5 Å². The Morgan fingerprint density at radius 2 is 2.11 bits per heavy atom. The van der Waals surface area contributed by atoms with Crippen LogP contribution in [0, 0.1) is 6.92 Å². The number of nitrogens with one attached hydrogen (secondary N) is 1. The highest BCUT2D eigenvalue weighted by Gasteiger charge is 2.21. The number of hydrogen-bond acceptors (Lipinski definition) is 5. The highest BCUT2D eigenvalue weighted by atomic mass is 79.9. The molecule has 19 heavy (non-hydrogen) atoms. The van der Waals surface area contributed by atoms with Crippen LogP contribution in [0.3, 0.4) is 0 Å². The van der Waals surface area contributed by atoms with Crippen molar-refractivity contribution in [2.75, 3.05) is 10.5 Å². The summed E-state index contributed by atoms with van der Waals surface area (Å²) in [7, 11) is -2.19. The van der Waals surface area contributed by atoms with Gasteiger partial charge in [-0.2, -0.15) is 5.10 Å². The van der Waals surface area contributed by atoms with Crippen LogP contribution in [0.25, 0.3) is 0 Å². The van der Waals surface area contributed by atoms with Crippen molar-refractivity contribution in [1.82, 2.24) is 14.8 Å². The second-order valence-corrected chi connectivity index (χ2v) is 6.43. The molecular formula is C10H12BrN5O2S. The Labute approximate surface area is 119 Å². The second kappa shape index (κ2) is 4.82. The smallest absolute Gasteiger partial charge is 0.268 e. The predicted octanol–water partition coefficient (Wildman–Crippen LogP) is 1.27. The van der Waals surface area contributed by atoms with Gasteiger partial charge in [0.05, 0.1) is 5.69 Å². The molecule has 0 spiro atoms. The molecule has 0 aliphatic carbocycles. The van der Waals surface area contributed by atoms with E-state index in [1.165, 1.54) is 10.9 Å². The number of nitrogen functional groups attached to an aromatic ring is 1. The first-order valence-electron chi connectivity index (χ1n) is 5.24. The van der Waals surface area contributed by atoms with E-state index in [1.807, 2.05) is 0 Å². The number of sulfonamides is 1. The quantitative estimate of drug-likeness (QED) is 0.871. The summed E-state index contributed by atoms with van der Waals surface area (Å²) in [6.45, 7) is 1.76. The summed E-state index contributed by atoms with van der Waals surface area (Å²) in [4.78, 5) is 4.04. The molecule has 0 atom stereocenters. The molecule has 0 saturated carbocycles. The van der Waals surface area contributed by atoms with E-state index in [1.54, 1.807) is 26.1 Å². The van der Waals surface area contributed by atoms with Crippen molar-refractivity contribution >= 4 is 37.6 Å². The van der Waals surface area contributed by atoms with Crippen molar-refractivity contribution in [3.63, 3.8) is 0 Å². The highest BCUT2D eigenvalue weighted by molar-refractivity contribution is 9.10. The zero-order chi connectivity index (χ0) is 14.2. The van der Waals surface area contributed by atoms with E-state index in [0.717, 1.165) is 4.47 Å². The molecule has 0 aromatic carbocycles. The monoisotopic (exact) mass is 345 g/mol. The summed E-state index contributed by atoms with van der Waals surface area (Å²) in [5.74, 6) is 0.174. The summed E-state index contributed by atoms with van der Waals surface area (Å²) < 4.78 is 28.8. The maximum atomic E-state index is 12.1. The third kappa shape index (κ3) is 2.87. The van der Waals surface area contributed by atoms with Gasteiger partial charge in [0.1, 0.15) is 10.7 Å². The number of hydrogen-bond donors (Lipinski definition) is 2. The van der Waals surface area contributed by atoms with Crippen molar-refractivity contribution in [3.8, 4) is 0 Å². The second-order valence-electron chi connectivity index (χ2n) is 3.92. The van der Waals surface area contributed by atoms with Gasteiger partial charge >= 0.3 is 0 Å². The molecule has 0 fully saturated rings. The van der Waals surface area contributed by atoms with Crippen molar-refractivity contribution < 1.29 is 8.42 Å². The Hall–Kier alpha value is -1.61. The van der Waals surface area contributed by atoms with Crippen LogP contribution < -0.4 is 10.5 Å². The van der Waals surface area contributed by atoms with Crippen LogP contribution in [0.4, 0.5) is 11.6 Å². The fourth-order valence-electron chi connectivity index (χ4n) is 1.48. The molecule has 2 aromatic rings. The highest BCUT2D eigenvalue weighted by Crippen LogP contribution is 2.21. The maximum Gasteiger partial charge on any atom is 0.268 e. The number of aryl methyl sites for hydroxylation is 2. The molecule has 3 N–H and O–H groups in total. The molecule has 0 radical (unpaired) electrons. The maximum absolute atomic E-state index is 12.1. The van der Waals surface area contributed by atoms with E-state index in [-0.39, 0.29) is 16.5 Å². The van der Waals surface area contributed by atoms with E-state index >= 15 is 0 Å². The molecule has 2 aromatic heterocycles. The van der Waals surface area contributed by atoms with Crippen molar-refractivity contribution in [1.29, 1.82) is 0 Å². The minimum Gasteiger partial charge on any atom is -0.381 e. The number of rotatable bonds is 3. The van der Waals surface area contributed by atoms with E-state index in [0.29, 0.717) is 5.69 Å². The van der Waals surface area contributed by atoms with E-state index in [9.17, 15) is 8.42 Å². The van der Waals surface area contributed by atoms with Crippen LogP contribution in [0.5, 0.6) is 0 Å². The molecule has 2 rings (SSSR count). The average Bonchev–Trinajstić information content (AvgIpc) is 2.63. The van der Waals surface area contributed by atoms with Gasteiger partial charge < -0.3 is 5.73 Å². The Kier molecular flexibility index (Phi) is 3.50. The van der Waals surface area contributed by atoms with Gasteiger partial charge in [0.15, 0.2) is 5.82 Å². The number of aromatic nitrogens is 3. The van der Waals surface area contributed by atoms with Gasteiger partial charge in [0.25, 0.3) is 10.0 Å². The van der Waals surface area contributed by atoms with Crippen LogP contribution in [0.15, 0.2) is 27.7 Å². The van der Waals surface area contributed by atoms with Gasteiger partial charge in [-0.25, -0.2) is 13.4 Å². The topological polar surface area (TPSA) is 103 Å². The molecule has 2 heterocycles. The lowest BCUT2D eigenvalue weighted by molar-refractivity contribution is 0.601. The van der Waals surface area contributed by atoms with Crippen LogP contribution in [0.2, 0.25) is 0 Å². The third-order valence-electron chi connectivity index (χ3n) is 2.37. The summed E-state index contributed by atoms with van der Waals surface area (Å²) >= 11 is 3.30. The van der Waals surface area contributed by atoms with Gasteiger partial charge in [0, 0.05) is 17.7 Å². The Bertz CT molecular complexity index is 726. The fraction of sp³-hybridized carbons (Fsp3) is 0.200. The summed E-state index contributed by atoms with van der Waals surface area (Å²) in [6, 6.07) is 3.27. The standard InChI is InChI=1S/C10H12BrN5O2S/c1-6-7(11)3-4-9(13-6)15-19(17,18)8-5-16(2)14-10(8)12/h3-5H,1-2H3,(H2,12,14)(H,13,15). The normalized spacial score (nSPS) is 11.5. The fourth-order valence-corrected chi connectivity index (χ4v) is 2.81. The number of nitrogens with zero attached hydrogens (tertiary/aromatic N) is 3. The molecule has 0 aliphatic rings. The molecular weight excluding hydrogens is 334 g/mol. The lowest BCUT2D eigenvalue weighted by Crippen LogP contribution is -2.15. The SMILES string of the molecule is Cc1nc(NS(=O)(=O)c2cn(C)nc2N)ccc1Br. The van der Waals surface area contributed by atoms with Crippen LogP contribution in [0.1, 0.15) is 5.69 Å². The largest absolute Gasteiger partial charge is 0.381 e. The molecule has 102 valence electrons. The average molecular weight is 346 g/mol. The number of anilines is 2. The molecule has 7 nitrogen and oxygen atoms in total. The molecule has 0 amide bonds. The Morgan fingerprint density at radius 1 is 1.42 bits per heavy atom. The van der Waals surface area contributed by atoms with Gasteiger partial charge in [-0.05, 0) is 35.0 Å². The molecule has 0 aliphatic heterocycles. The summed E-state index contributed by atoms with van der Waals surface area (Å²) in [5.41, 5.74) is 6.24. The van der Waals surface area contributed by atoms with Crippen LogP contribution in [-0.4, -0.2) is 23.2 Å². The minimum absolute atomic E-state index is 0.0520. The van der Waals surface area contributed by atoms with Gasteiger partial charge in [0.2, 0.25) is 0 Å². The first kappa shape index (κ1) is 13.8. The summed E-state index contributed by atoms with van der Waals surface area (Å²) in [6.07, 6.45) is 1.34. The lowest BCUT2D eigenvalue weighted by Gasteiger charge is -2.07. The Balaban J connectivity index is 2.36. The van der Waals surface area contributed by atoms with Crippen LogP contribution in [-0.2, 0) is 17.1 Å². The molecule has 0 saturated heterocycles. The van der Waals surface area contributed by atoms with Gasteiger partial charge in [-0.15, -0.1) is 0 Å². The zero-order valence-electron chi connectivity index (χ0n) is 10.3. The van der Waals surface area contributed by atoms with Crippen molar-refractivity contribution in [2.24, 2.45) is 7.05 Å². The Morgan fingerprint density at radius 3 is 2.63 bits per heavy atom. The predicted molar refractivity (Wildman–Crippen MR) is 75.1 cm³/mol. The van der Waals surface area contributed by atoms with Crippen molar-refractivity contribution in [2.45, 2.75) is 11.8 Å². The van der Waals surface area contributed by atoms with E-state index < -0.39 is 10.0 Å². The zero-order valence-corrected chi connectivity index (χ0v) is 12.7. The minimum atomic E-state index is -3.79. The van der Waals surface area contributed by atoms with Gasteiger partial charge in [-0.1, -0.05) is 0 Å². The van der Waals surface area contributed by atoms with E-state index in [4.69, 9.17) is 5.73 Å². The molecule has 9 heteroatoms. The van der Waals surface area contributed by atoms with E-state index in [2.05, 4.69) is 30.7 Å². The molecule has 0 bridgehead atoms. The van der Waals surface area contributed by atoms with Gasteiger partial charge in [-0.3, -0.25) is 9.40 Å². The third-order valence-corrected chi connectivity index (χ3v) is 4.58. The molecule has 0 unspecified atom stereocenters. The van der Waals surface area contributed by atoms with Crippen LogP contribution >= 0.6 is 15.9 Å². The number of pyridine rings is 1. The first-order valence-corrected chi connectivity index (χ1v) is 7.52. The lowest BCUT2D eigenvalue weighted by atomic mass is 10.4. The number of halogens is 1. The first-order chi connectivity index (χ1) is 8.79.